The second-order valence-corrected chi connectivity index (χ2v) is 8.60. The number of piperazine rings is 1. The topological polar surface area (TPSA) is 65.1 Å². The minimum atomic E-state index is -0.363. The van der Waals surface area contributed by atoms with Crippen LogP contribution in [0, 0.1) is 5.82 Å². The number of nitrogens with zero attached hydrogens (tertiary/aromatic N) is 4. The third-order valence-electron chi connectivity index (χ3n) is 5.85. The van der Waals surface area contributed by atoms with Gasteiger partial charge in [-0.1, -0.05) is 17.4 Å². The van der Waals surface area contributed by atoms with E-state index in [0.29, 0.717) is 10.8 Å². The Kier molecular flexibility index (Phi) is 4.14. The van der Waals surface area contributed by atoms with E-state index in [9.17, 15) is 9.18 Å². The highest BCUT2D eigenvalue weighted by atomic mass is 32.1. The first-order valence-electron chi connectivity index (χ1n) is 10.1. The molecule has 0 amide bonds. The van der Waals surface area contributed by atoms with Crippen LogP contribution in [0.4, 0.5) is 15.3 Å². The molecule has 1 fully saturated rings. The van der Waals surface area contributed by atoms with Gasteiger partial charge in [0.1, 0.15) is 11.6 Å². The number of H-pyrrole nitrogens is 1. The summed E-state index contributed by atoms with van der Waals surface area (Å²) in [6.45, 7) is 3.39. The van der Waals surface area contributed by atoms with Gasteiger partial charge in [0.15, 0.2) is 5.13 Å². The molecule has 4 heterocycles. The van der Waals surface area contributed by atoms with Gasteiger partial charge in [0.25, 0.3) is 5.56 Å². The molecule has 3 aromatic heterocycles. The third kappa shape index (κ3) is 2.94. The predicted octanol–water partition coefficient (Wildman–Crippen LogP) is 4.15. The number of aromatic nitrogens is 3. The van der Waals surface area contributed by atoms with Crippen LogP contribution in [0.25, 0.3) is 31.8 Å². The van der Waals surface area contributed by atoms with Crippen LogP contribution in [-0.4, -0.2) is 41.1 Å². The number of hydrogen-bond donors (Lipinski definition) is 1. The van der Waals surface area contributed by atoms with Crippen molar-refractivity contribution in [2.45, 2.75) is 0 Å². The average molecular weight is 431 g/mol. The molecular formula is C23H18FN5OS. The van der Waals surface area contributed by atoms with Crippen molar-refractivity contribution < 1.29 is 4.39 Å². The molecule has 0 bridgehead atoms. The van der Waals surface area contributed by atoms with Crippen molar-refractivity contribution in [3.05, 3.63) is 71.0 Å². The van der Waals surface area contributed by atoms with Crippen molar-refractivity contribution in [2.75, 3.05) is 36.0 Å². The number of thiazole rings is 1. The van der Waals surface area contributed by atoms with Gasteiger partial charge in [-0.15, -0.1) is 0 Å². The molecule has 0 radical (unpaired) electrons. The fraction of sp³-hybridized carbons (Fsp3) is 0.174. The van der Waals surface area contributed by atoms with E-state index in [1.54, 1.807) is 23.6 Å². The zero-order valence-corrected chi connectivity index (χ0v) is 17.3. The standard InChI is InChI=1S/C23H18FN5OS/c24-14-4-5-15-17(13-14)19-16(6-8-26-22(19)30)21-20(15)27-23(31-21)29-11-9-28(10-12-29)18-3-1-2-7-25-18/h1-8,13H,9-12H2,(H,26,30). The van der Waals surface area contributed by atoms with E-state index in [-0.39, 0.29) is 11.4 Å². The number of anilines is 2. The second-order valence-electron chi connectivity index (χ2n) is 7.62. The molecule has 1 aliphatic heterocycles. The first-order valence-corrected chi connectivity index (χ1v) is 10.9. The summed E-state index contributed by atoms with van der Waals surface area (Å²) in [5, 5.41) is 3.65. The highest BCUT2D eigenvalue weighted by Crippen LogP contribution is 2.39. The fourth-order valence-electron chi connectivity index (χ4n) is 4.34. The van der Waals surface area contributed by atoms with Gasteiger partial charge >= 0.3 is 0 Å². The number of rotatable bonds is 2. The highest BCUT2D eigenvalue weighted by molar-refractivity contribution is 7.23. The Morgan fingerprint density at radius 2 is 1.81 bits per heavy atom. The number of nitrogens with one attached hydrogen (secondary N) is 1. The first kappa shape index (κ1) is 18.3. The Labute approximate surface area is 180 Å². The van der Waals surface area contributed by atoms with E-state index < -0.39 is 0 Å². The molecule has 2 aromatic carbocycles. The van der Waals surface area contributed by atoms with Gasteiger partial charge in [0.2, 0.25) is 0 Å². The summed E-state index contributed by atoms with van der Waals surface area (Å²) in [6, 6.07) is 12.4. The number of fused-ring (bicyclic) bond motifs is 6. The van der Waals surface area contributed by atoms with E-state index in [1.165, 1.54) is 12.1 Å². The maximum absolute atomic E-state index is 14.0. The van der Waals surface area contributed by atoms with Crippen LogP contribution >= 0.6 is 11.3 Å². The van der Waals surface area contributed by atoms with Gasteiger partial charge in [-0.2, -0.15) is 0 Å². The van der Waals surface area contributed by atoms with Crippen molar-refractivity contribution in [3.63, 3.8) is 0 Å². The lowest BCUT2D eigenvalue weighted by Gasteiger charge is -2.35. The van der Waals surface area contributed by atoms with E-state index in [2.05, 4.69) is 19.8 Å². The van der Waals surface area contributed by atoms with Crippen molar-refractivity contribution in [3.8, 4) is 0 Å². The molecule has 6 nitrogen and oxygen atoms in total. The Balaban J connectivity index is 1.45. The molecule has 1 aliphatic rings. The minimum absolute atomic E-state index is 0.214. The number of aromatic amines is 1. The van der Waals surface area contributed by atoms with E-state index in [1.807, 2.05) is 30.5 Å². The van der Waals surface area contributed by atoms with Crippen LogP contribution in [0.5, 0.6) is 0 Å². The van der Waals surface area contributed by atoms with Crippen LogP contribution in [0.15, 0.2) is 59.7 Å². The van der Waals surface area contributed by atoms with Crippen LogP contribution in [-0.2, 0) is 0 Å². The highest BCUT2D eigenvalue weighted by Gasteiger charge is 2.22. The van der Waals surface area contributed by atoms with Crippen molar-refractivity contribution in [2.24, 2.45) is 0 Å². The smallest absolute Gasteiger partial charge is 0.256 e. The van der Waals surface area contributed by atoms with E-state index >= 15 is 0 Å². The van der Waals surface area contributed by atoms with Crippen LogP contribution in [0.1, 0.15) is 0 Å². The normalized spacial score (nSPS) is 14.7. The third-order valence-corrected chi connectivity index (χ3v) is 7.00. The van der Waals surface area contributed by atoms with Gasteiger partial charge in [-0.05, 0) is 36.4 Å². The maximum atomic E-state index is 14.0. The average Bonchev–Trinajstić information content (AvgIpc) is 3.26. The maximum Gasteiger partial charge on any atom is 0.256 e. The van der Waals surface area contributed by atoms with Gasteiger partial charge in [-0.25, -0.2) is 14.4 Å². The number of hydrogen-bond acceptors (Lipinski definition) is 6. The quantitative estimate of drug-likeness (QED) is 0.426. The zero-order valence-electron chi connectivity index (χ0n) is 16.5. The number of pyridine rings is 2. The van der Waals surface area contributed by atoms with Crippen molar-refractivity contribution in [1.29, 1.82) is 0 Å². The molecule has 0 aliphatic carbocycles. The molecule has 0 saturated carbocycles. The Morgan fingerprint density at radius 1 is 0.968 bits per heavy atom. The second kappa shape index (κ2) is 7.02. The Bertz CT molecular complexity index is 1490. The zero-order chi connectivity index (χ0) is 20.9. The lowest BCUT2D eigenvalue weighted by Crippen LogP contribution is -2.46. The van der Waals surface area contributed by atoms with Gasteiger partial charge in [0, 0.05) is 54.7 Å². The number of halogens is 1. The lowest BCUT2D eigenvalue weighted by atomic mass is 10.0. The molecule has 0 atom stereocenters. The predicted molar refractivity (Wildman–Crippen MR) is 124 cm³/mol. The van der Waals surface area contributed by atoms with Gasteiger partial charge in [0.05, 0.1) is 15.6 Å². The van der Waals surface area contributed by atoms with Crippen LogP contribution in [0.3, 0.4) is 0 Å². The van der Waals surface area contributed by atoms with Crippen molar-refractivity contribution >= 4 is 54.0 Å². The Hall–Kier alpha value is -3.52. The molecule has 0 spiro atoms. The largest absolute Gasteiger partial charge is 0.353 e. The van der Waals surface area contributed by atoms with Gasteiger partial charge in [-0.3, -0.25) is 4.79 Å². The fourth-order valence-corrected chi connectivity index (χ4v) is 5.51. The Morgan fingerprint density at radius 3 is 2.61 bits per heavy atom. The van der Waals surface area contributed by atoms with E-state index in [4.69, 9.17) is 4.98 Å². The summed E-state index contributed by atoms with van der Waals surface area (Å²) in [5.74, 6) is 0.627. The summed E-state index contributed by atoms with van der Waals surface area (Å²) in [5.41, 5.74) is 0.606. The molecule has 1 saturated heterocycles. The molecular weight excluding hydrogens is 413 g/mol. The van der Waals surface area contributed by atoms with Crippen molar-refractivity contribution in [1.82, 2.24) is 15.0 Å². The molecule has 5 aromatic rings. The summed E-state index contributed by atoms with van der Waals surface area (Å²) in [6.07, 6.45) is 3.45. The summed E-state index contributed by atoms with van der Waals surface area (Å²) in [4.78, 5) is 29.3. The molecule has 6 rings (SSSR count). The van der Waals surface area contributed by atoms with E-state index in [0.717, 1.165) is 58.1 Å². The molecule has 1 N–H and O–H groups in total. The monoisotopic (exact) mass is 431 g/mol. The summed E-state index contributed by atoms with van der Waals surface area (Å²) >= 11 is 1.59. The molecule has 154 valence electrons. The molecule has 31 heavy (non-hydrogen) atoms. The van der Waals surface area contributed by atoms with Gasteiger partial charge < -0.3 is 14.8 Å². The summed E-state index contributed by atoms with van der Waals surface area (Å²) < 4.78 is 15.0. The SMILES string of the molecule is O=c1[nH]ccc2c3sc(N4CCN(c5ccccn5)CC4)nc3c3ccc(F)cc3c12. The van der Waals surface area contributed by atoms with Crippen LogP contribution < -0.4 is 15.4 Å². The minimum Gasteiger partial charge on any atom is -0.353 e. The molecule has 0 unspecified atom stereocenters. The number of benzene rings is 2. The molecule has 8 heteroatoms. The lowest BCUT2D eigenvalue weighted by molar-refractivity contribution is 0.630. The van der Waals surface area contributed by atoms with Crippen LogP contribution in [0.2, 0.25) is 0 Å². The first-order chi connectivity index (χ1) is 15.2. The summed E-state index contributed by atoms with van der Waals surface area (Å²) in [7, 11) is 0.